The molecule has 17 heavy (non-hydrogen) atoms. The van der Waals surface area contributed by atoms with Crippen molar-refractivity contribution in [2.75, 3.05) is 0 Å². The van der Waals surface area contributed by atoms with Gasteiger partial charge in [-0.2, -0.15) is 0 Å². The maximum Gasteiger partial charge on any atom is 0.110 e. The maximum atomic E-state index is 5.75. The molecule has 3 nitrogen and oxygen atoms in total. The first-order valence-electron chi connectivity index (χ1n) is 6.05. The molecule has 2 aromatic rings. The molecule has 0 atom stereocenters. The van der Waals surface area contributed by atoms with E-state index >= 15 is 0 Å². The molecule has 2 rings (SSSR count). The number of nitrogens with zero attached hydrogens (tertiary/aromatic N) is 2. The van der Waals surface area contributed by atoms with Crippen LogP contribution < -0.4 is 5.73 Å². The summed E-state index contributed by atoms with van der Waals surface area (Å²) in [7, 11) is 2.08. The Kier molecular flexibility index (Phi) is 2.96. The van der Waals surface area contributed by atoms with Gasteiger partial charge in [-0.1, -0.05) is 32.9 Å². The van der Waals surface area contributed by atoms with Gasteiger partial charge in [0, 0.05) is 20.0 Å². The number of imidazole rings is 1. The van der Waals surface area contributed by atoms with Gasteiger partial charge in [-0.25, -0.2) is 4.98 Å². The van der Waals surface area contributed by atoms with Crippen molar-refractivity contribution < 1.29 is 0 Å². The van der Waals surface area contributed by atoms with Crippen LogP contribution in [0.5, 0.6) is 0 Å². The second kappa shape index (κ2) is 4.15. The van der Waals surface area contributed by atoms with Crippen molar-refractivity contribution in [2.24, 2.45) is 18.2 Å². The molecule has 0 radical (unpaired) electrons. The monoisotopic (exact) mass is 231 g/mol. The Morgan fingerprint density at radius 2 is 2.00 bits per heavy atom. The summed E-state index contributed by atoms with van der Waals surface area (Å²) in [5.41, 5.74) is 9.35. The molecule has 0 unspecified atom stereocenters. The van der Waals surface area contributed by atoms with E-state index in [1.165, 1.54) is 5.52 Å². The number of fused-ring (bicyclic) bond motifs is 1. The van der Waals surface area contributed by atoms with Crippen LogP contribution in [0, 0.1) is 5.41 Å². The second-order valence-electron chi connectivity index (χ2n) is 5.81. The largest absolute Gasteiger partial charge is 0.331 e. The third kappa shape index (κ3) is 2.34. The topological polar surface area (TPSA) is 43.8 Å². The number of hydrogen-bond acceptors (Lipinski definition) is 2. The van der Waals surface area contributed by atoms with Gasteiger partial charge in [-0.3, -0.25) is 0 Å². The number of aromatic nitrogens is 2. The van der Waals surface area contributed by atoms with Gasteiger partial charge in [0.25, 0.3) is 0 Å². The molecule has 0 saturated carbocycles. The molecule has 0 aliphatic heterocycles. The fourth-order valence-corrected chi connectivity index (χ4v) is 2.12. The molecule has 1 heterocycles. The first kappa shape index (κ1) is 12.1. The number of hydrogen-bond donors (Lipinski definition) is 1. The quantitative estimate of drug-likeness (QED) is 0.863. The summed E-state index contributed by atoms with van der Waals surface area (Å²) < 4.78 is 2.18. The number of rotatable bonds is 2. The van der Waals surface area contributed by atoms with Crippen molar-refractivity contribution >= 4 is 11.0 Å². The van der Waals surface area contributed by atoms with E-state index in [9.17, 15) is 0 Å². The van der Waals surface area contributed by atoms with Crippen molar-refractivity contribution in [1.82, 2.24) is 9.55 Å². The van der Waals surface area contributed by atoms with Crippen LogP contribution in [-0.4, -0.2) is 9.55 Å². The van der Waals surface area contributed by atoms with Crippen molar-refractivity contribution in [3.63, 3.8) is 0 Å². The molecule has 0 fully saturated rings. The highest BCUT2D eigenvalue weighted by Gasteiger charge is 2.17. The van der Waals surface area contributed by atoms with Crippen LogP contribution in [0.3, 0.4) is 0 Å². The minimum absolute atomic E-state index is 0.248. The van der Waals surface area contributed by atoms with E-state index in [2.05, 4.69) is 44.5 Å². The SMILES string of the molecule is Cn1c(CC(C)(C)C)nc2c(CN)cccc21. The summed E-state index contributed by atoms with van der Waals surface area (Å²) in [6.07, 6.45) is 0.974. The zero-order valence-corrected chi connectivity index (χ0v) is 11.1. The molecular formula is C14H21N3. The third-order valence-corrected chi connectivity index (χ3v) is 3.00. The Morgan fingerprint density at radius 1 is 1.29 bits per heavy atom. The van der Waals surface area contributed by atoms with E-state index in [0.717, 1.165) is 23.3 Å². The van der Waals surface area contributed by atoms with E-state index < -0.39 is 0 Å². The first-order chi connectivity index (χ1) is 7.92. The Bertz CT molecular complexity index is 532. The highest BCUT2D eigenvalue weighted by molar-refractivity contribution is 5.79. The van der Waals surface area contributed by atoms with Gasteiger partial charge in [0.2, 0.25) is 0 Å². The van der Waals surface area contributed by atoms with Gasteiger partial charge >= 0.3 is 0 Å². The number of benzene rings is 1. The number of aryl methyl sites for hydroxylation is 1. The van der Waals surface area contributed by atoms with Crippen LogP contribution in [0.1, 0.15) is 32.2 Å². The summed E-state index contributed by atoms with van der Waals surface area (Å²) in [4.78, 5) is 4.75. The average Bonchev–Trinajstić information content (AvgIpc) is 2.54. The Labute approximate surface area is 103 Å². The fourth-order valence-electron chi connectivity index (χ4n) is 2.12. The zero-order valence-electron chi connectivity index (χ0n) is 11.1. The maximum absolute atomic E-state index is 5.75. The van der Waals surface area contributed by atoms with Crippen LogP contribution in [0.2, 0.25) is 0 Å². The minimum Gasteiger partial charge on any atom is -0.331 e. The molecule has 1 aromatic carbocycles. The summed E-state index contributed by atoms with van der Waals surface area (Å²) in [5, 5.41) is 0. The number of para-hydroxylation sites is 1. The molecule has 0 bridgehead atoms. The smallest absolute Gasteiger partial charge is 0.110 e. The Morgan fingerprint density at radius 3 is 2.59 bits per heavy atom. The summed E-state index contributed by atoms with van der Waals surface area (Å²) in [5.74, 6) is 1.13. The predicted octanol–water partition coefficient (Wildman–Crippen LogP) is 2.62. The molecule has 1 aromatic heterocycles. The lowest BCUT2D eigenvalue weighted by molar-refractivity contribution is 0.396. The number of nitrogens with two attached hydrogens (primary N) is 1. The van der Waals surface area contributed by atoms with Gasteiger partial charge in [0.05, 0.1) is 11.0 Å². The molecule has 92 valence electrons. The molecule has 3 heteroatoms. The van der Waals surface area contributed by atoms with Crippen molar-refractivity contribution in [3.05, 3.63) is 29.6 Å². The lowest BCUT2D eigenvalue weighted by atomic mass is 9.92. The van der Waals surface area contributed by atoms with E-state index in [1.807, 2.05) is 6.07 Å². The van der Waals surface area contributed by atoms with E-state index in [0.29, 0.717) is 6.54 Å². The van der Waals surface area contributed by atoms with Crippen LogP contribution in [0.4, 0.5) is 0 Å². The molecule has 0 aliphatic rings. The standard InChI is InChI=1S/C14H21N3/c1-14(2,3)8-12-16-13-10(9-15)6-5-7-11(13)17(12)4/h5-7H,8-9,15H2,1-4H3. The minimum atomic E-state index is 0.248. The van der Waals surface area contributed by atoms with Crippen molar-refractivity contribution in [2.45, 2.75) is 33.7 Å². The summed E-state index contributed by atoms with van der Waals surface area (Å²) >= 11 is 0. The fraction of sp³-hybridized carbons (Fsp3) is 0.500. The van der Waals surface area contributed by atoms with Gasteiger partial charge < -0.3 is 10.3 Å². The lowest BCUT2D eigenvalue weighted by Gasteiger charge is -2.17. The third-order valence-electron chi connectivity index (χ3n) is 3.00. The van der Waals surface area contributed by atoms with Crippen LogP contribution in [0.25, 0.3) is 11.0 Å². The van der Waals surface area contributed by atoms with Gasteiger partial charge in [-0.15, -0.1) is 0 Å². The van der Waals surface area contributed by atoms with Crippen LogP contribution >= 0.6 is 0 Å². The van der Waals surface area contributed by atoms with Crippen molar-refractivity contribution in [3.8, 4) is 0 Å². The molecule has 0 amide bonds. The normalized spacial score (nSPS) is 12.3. The first-order valence-corrected chi connectivity index (χ1v) is 6.05. The highest BCUT2D eigenvalue weighted by Crippen LogP contribution is 2.24. The van der Waals surface area contributed by atoms with Crippen LogP contribution in [-0.2, 0) is 20.0 Å². The van der Waals surface area contributed by atoms with Gasteiger partial charge in [0.1, 0.15) is 5.82 Å². The predicted molar refractivity (Wildman–Crippen MR) is 71.8 cm³/mol. The average molecular weight is 231 g/mol. The summed E-state index contributed by atoms with van der Waals surface area (Å²) in [6, 6.07) is 6.21. The van der Waals surface area contributed by atoms with Gasteiger partial charge in [-0.05, 0) is 17.0 Å². The molecule has 0 spiro atoms. The van der Waals surface area contributed by atoms with E-state index in [4.69, 9.17) is 10.7 Å². The highest BCUT2D eigenvalue weighted by atomic mass is 15.1. The van der Waals surface area contributed by atoms with Crippen molar-refractivity contribution in [1.29, 1.82) is 0 Å². The lowest BCUT2D eigenvalue weighted by Crippen LogP contribution is -2.12. The van der Waals surface area contributed by atoms with Crippen LogP contribution in [0.15, 0.2) is 18.2 Å². The zero-order chi connectivity index (χ0) is 12.6. The second-order valence-corrected chi connectivity index (χ2v) is 5.81. The molecule has 2 N–H and O–H groups in total. The van der Waals surface area contributed by atoms with E-state index in [-0.39, 0.29) is 5.41 Å². The van der Waals surface area contributed by atoms with Gasteiger partial charge in [0.15, 0.2) is 0 Å². The Balaban J connectivity index is 2.56. The Hall–Kier alpha value is -1.35. The van der Waals surface area contributed by atoms with E-state index in [1.54, 1.807) is 0 Å². The molecule has 0 saturated heterocycles. The molecular weight excluding hydrogens is 210 g/mol. The summed E-state index contributed by atoms with van der Waals surface area (Å²) in [6.45, 7) is 7.24. The molecule has 0 aliphatic carbocycles.